The Bertz CT molecular complexity index is 902. The van der Waals surface area contributed by atoms with E-state index in [9.17, 15) is 10.1 Å². The van der Waals surface area contributed by atoms with Gasteiger partial charge in [0.15, 0.2) is 5.82 Å². The zero-order valence-corrected chi connectivity index (χ0v) is 13.5. The summed E-state index contributed by atoms with van der Waals surface area (Å²) < 4.78 is 2.96. The molecule has 0 aliphatic rings. The second-order valence-corrected chi connectivity index (χ2v) is 5.48. The first-order valence-corrected chi connectivity index (χ1v) is 7.49. The van der Waals surface area contributed by atoms with Gasteiger partial charge in [-0.3, -0.25) is 9.48 Å². The lowest BCUT2D eigenvalue weighted by molar-refractivity contribution is -0.116. The van der Waals surface area contributed by atoms with Crippen LogP contribution in [0.25, 0.3) is 5.69 Å². The number of amides is 1. The van der Waals surface area contributed by atoms with Crippen molar-refractivity contribution < 1.29 is 4.79 Å². The summed E-state index contributed by atoms with van der Waals surface area (Å²) in [5.41, 5.74) is 1.67. The van der Waals surface area contributed by atoms with Gasteiger partial charge >= 0.3 is 0 Å². The number of rotatable bonds is 4. The number of nitriles is 1. The smallest absolute Gasteiger partial charge is 0.247 e. The van der Waals surface area contributed by atoms with Gasteiger partial charge in [-0.1, -0.05) is 29.8 Å². The van der Waals surface area contributed by atoms with Crippen LogP contribution in [0.1, 0.15) is 11.3 Å². The van der Waals surface area contributed by atoms with E-state index in [1.54, 1.807) is 13.1 Å². The fourth-order valence-electron chi connectivity index (χ4n) is 2.21. The Morgan fingerprint density at radius 3 is 2.75 bits per heavy atom. The molecule has 24 heavy (non-hydrogen) atoms. The number of nitrogens with zero attached hydrogens (tertiary/aromatic N) is 5. The number of benzene rings is 1. The van der Waals surface area contributed by atoms with Crippen molar-refractivity contribution >= 4 is 23.3 Å². The van der Waals surface area contributed by atoms with Crippen LogP contribution in [-0.4, -0.2) is 25.5 Å². The number of aryl methyl sites for hydroxylation is 1. The molecule has 0 saturated carbocycles. The zero-order chi connectivity index (χ0) is 17.1. The lowest BCUT2D eigenvalue weighted by atomic mass is 10.3. The van der Waals surface area contributed by atoms with Crippen LogP contribution in [0.15, 0.2) is 42.7 Å². The number of para-hydroxylation sites is 1. The van der Waals surface area contributed by atoms with Gasteiger partial charge in [0.2, 0.25) is 5.91 Å². The van der Waals surface area contributed by atoms with E-state index in [1.807, 2.05) is 36.4 Å². The second kappa shape index (κ2) is 6.56. The number of aromatic nitrogens is 4. The molecule has 0 unspecified atom stereocenters. The number of carbonyl (C=O) groups excluding carboxylic acids is 1. The SMILES string of the molecule is Cc1nn(CC(=O)Nc2c(C#N)cnn2-c2ccccc2)cc1Cl. The van der Waals surface area contributed by atoms with Gasteiger partial charge in [-0.2, -0.15) is 15.5 Å². The number of hydrogen-bond acceptors (Lipinski definition) is 4. The van der Waals surface area contributed by atoms with Crippen molar-refractivity contribution in [2.24, 2.45) is 0 Å². The molecule has 120 valence electrons. The van der Waals surface area contributed by atoms with Crippen LogP contribution >= 0.6 is 11.6 Å². The van der Waals surface area contributed by atoms with Gasteiger partial charge in [0.25, 0.3) is 0 Å². The van der Waals surface area contributed by atoms with Gasteiger partial charge in [0, 0.05) is 6.20 Å². The fraction of sp³-hybridized carbons (Fsp3) is 0.125. The molecule has 8 heteroatoms. The van der Waals surface area contributed by atoms with Gasteiger partial charge in [-0.15, -0.1) is 0 Å². The summed E-state index contributed by atoms with van der Waals surface area (Å²) in [7, 11) is 0. The Labute approximate surface area is 143 Å². The minimum Gasteiger partial charge on any atom is -0.308 e. The van der Waals surface area contributed by atoms with Gasteiger partial charge in [-0.25, -0.2) is 4.68 Å². The van der Waals surface area contributed by atoms with E-state index in [4.69, 9.17) is 11.6 Å². The monoisotopic (exact) mass is 340 g/mol. The predicted molar refractivity (Wildman–Crippen MR) is 88.9 cm³/mol. The minimum absolute atomic E-state index is 0.0155. The van der Waals surface area contributed by atoms with E-state index in [0.29, 0.717) is 16.5 Å². The van der Waals surface area contributed by atoms with Crippen molar-refractivity contribution in [3.8, 4) is 11.8 Å². The average Bonchev–Trinajstić information content (AvgIpc) is 3.11. The molecule has 0 saturated heterocycles. The highest BCUT2D eigenvalue weighted by Gasteiger charge is 2.16. The molecule has 1 aromatic carbocycles. The summed E-state index contributed by atoms with van der Waals surface area (Å²) in [6, 6.07) is 11.3. The van der Waals surface area contributed by atoms with E-state index in [0.717, 1.165) is 5.69 Å². The summed E-state index contributed by atoms with van der Waals surface area (Å²) in [6.45, 7) is 1.74. The first kappa shape index (κ1) is 15.8. The molecule has 1 amide bonds. The highest BCUT2D eigenvalue weighted by atomic mass is 35.5. The standard InChI is InChI=1S/C16H13ClN6O/c1-11-14(17)9-22(21-11)10-15(24)20-16-12(7-18)8-19-23(16)13-5-3-2-4-6-13/h2-6,8-9H,10H2,1H3,(H,20,24). The molecule has 3 rings (SSSR count). The molecule has 0 radical (unpaired) electrons. The minimum atomic E-state index is -0.330. The molecule has 2 heterocycles. The molecule has 2 aromatic heterocycles. The third kappa shape index (κ3) is 3.14. The van der Waals surface area contributed by atoms with Crippen molar-refractivity contribution in [1.82, 2.24) is 19.6 Å². The highest BCUT2D eigenvalue weighted by Crippen LogP contribution is 2.19. The quantitative estimate of drug-likeness (QED) is 0.790. The van der Waals surface area contributed by atoms with Crippen molar-refractivity contribution in [1.29, 1.82) is 5.26 Å². The molecule has 0 fully saturated rings. The van der Waals surface area contributed by atoms with Crippen LogP contribution in [0.3, 0.4) is 0 Å². The van der Waals surface area contributed by atoms with E-state index in [2.05, 4.69) is 15.5 Å². The van der Waals surface area contributed by atoms with Crippen LogP contribution in [-0.2, 0) is 11.3 Å². The Morgan fingerprint density at radius 1 is 1.38 bits per heavy atom. The lowest BCUT2D eigenvalue weighted by Crippen LogP contribution is -2.21. The molecule has 3 aromatic rings. The van der Waals surface area contributed by atoms with Crippen LogP contribution in [0.5, 0.6) is 0 Å². The number of hydrogen-bond donors (Lipinski definition) is 1. The van der Waals surface area contributed by atoms with Crippen LogP contribution in [0, 0.1) is 18.3 Å². The molecule has 1 N–H and O–H groups in total. The third-order valence-electron chi connectivity index (χ3n) is 3.34. The Kier molecular flexibility index (Phi) is 4.31. The van der Waals surface area contributed by atoms with Crippen LogP contribution < -0.4 is 5.32 Å². The van der Waals surface area contributed by atoms with Gasteiger partial charge in [0.05, 0.1) is 22.6 Å². The summed E-state index contributed by atoms with van der Waals surface area (Å²) in [5, 5.41) is 20.8. The Morgan fingerprint density at radius 2 is 2.12 bits per heavy atom. The zero-order valence-electron chi connectivity index (χ0n) is 12.8. The van der Waals surface area contributed by atoms with Crippen molar-refractivity contribution in [3.63, 3.8) is 0 Å². The highest BCUT2D eigenvalue weighted by molar-refractivity contribution is 6.31. The number of carbonyl (C=O) groups is 1. The first-order valence-electron chi connectivity index (χ1n) is 7.11. The van der Waals surface area contributed by atoms with Gasteiger partial charge < -0.3 is 5.32 Å². The lowest BCUT2D eigenvalue weighted by Gasteiger charge is -2.09. The number of halogens is 1. The van der Waals surface area contributed by atoms with Gasteiger partial charge in [-0.05, 0) is 19.1 Å². The molecule has 0 aliphatic heterocycles. The molecule has 0 spiro atoms. The predicted octanol–water partition coefficient (Wildman–Crippen LogP) is 2.54. The number of nitrogens with one attached hydrogen (secondary N) is 1. The van der Waals surface area contributed by atoms with Crippen molar-refractivity contribution in [2.45, 2.75) is 13.5 Å². The maximum Gasteiger partial charge on any atom is 0.247 e. The first-order chi connectivity index (χ1) is 11.6. The molecule has 0 bridgehead atoms. The largest absolute Gasteiger partial charge is 0.308 e. The van der Waals surface area contributed by atoms with Crippen LogP contribution in [0.4, 0.5) is 5.82 Å². The van der Waals surface area contributed by atoms with E-state index < -0.39 is 0 Å². The molecule has 0 atom stereocenters. The Hall–Kier alpha value is -3.11. The molecular formula is C16H13ClN6O. The number of anilines is 1. The molecular weight excluding hydrogens is 328 g/mol. The molecule has 7 nitrogen and oxygen atoms in total. The summed E-state index contributed by atoms with van der Waals surface area (Å²) in [4.78, 5) is 12.3. The third-order valence-corrected chi connectivity index (χ3v) is 3.71. The maximum atomic E-state index is 12.3. The fourth-order valence-corrected chi connectivity index (χ4v) is 2.36. The maximum absolute atomic E-state index is 12.3. The van der Waals surface area contributed by atoms with Crippen molar-refractivity contribution in [2.75, 3.05) is 5.32 Å². The summed E-state index contributed by atoms with van der Waals surface area (Å²) >= 11 is 5.94. The summed E-state index contributed by atoms with van der Waals surface area (Å²) in [6.07, 6.45) is 2.99. The molecule has 0 aliphatic carbocycles. The van der Waals surface area contributed by atoms with Crippen molar-refractivity contribution in [3.05, 3.63) is 59.0 Å². The van der Waals surface area contributed by atoms with Crippen LogP contribution in [0.2, 0.25) is 5.02 Å². The van der Waals surface area contributed by atoms with E-state index in [1.165, 1.54) is 15.6 Å². The Balaban J connectivity index is 1.85. The topological polar surface area (TPSA) is 88.5 Å². The normalized spacial score (nSPS) is 10.4. The average molecular weight is 341 g/mol. The van der Waals surface area contributed by atoms with Gasteiger partial charge in [0.1, 0.15) is 18.2 Å². The van der Waals surface area contributed by atoms with E-state index >= 15 is 0 Å². The second-order valence-electron chi connectivity index (χ2n) is 5.07. The van der Waals surface area contributed by atoms with E-state index in [-0.39, 0.29) is 18.0 Å². The summed E-state index contributed by atoms with van der Waals surface area (Å²) in [5.74, 6) is -0.00739.